The first-order valence-electron chi connectivity index (χ1n) is 11.4. The Kier molecular flexibility index (Phi) is 7.55. The topological polar surface area (TPSA) is 84.9 Å². The molecule has 0 aromatic heterocycles. The number of amides is 4. The summed E-state index contributed by atoms with van der Waals surface area (Å²) in [5, 5.41) is 2.25. The molecule has 1 fully saturated rings. The fourth-order valence-electron chi connectivity index (χ4n) is 3.79. The lowest BCUT2D eigenvalue weighted by Gasteiger charge is -2.26. The Bertz CT molecular complexity index is 1380. The average Bonchev–Trinajstić information content (AvgIpc) is 2.83. The zero-order chi connectivity index (χ0) is 25.8. The quantitative estimate of drug-likeness (QED) is 0.302. The van der Waals surface area contributed by atoms with E-state index in [0.717, 1.165) is 26.1 Å². The number of anilines is 1. The Morgan fingerprint density at radius 1 is 0.944 bits per heavy atom. The van der Waals surface area contributed by atoms with Crippen LogP contribution in [0.15, 0.2) is 70.7 Å². The van der Waals surface area contributed by atoms with Crippen LogP contribution in [0.4, 0.5) is 10.5 Å². The highest BCUT2D eigenvalue weighted by atomic mass is 79.9. The van der Waals surface area contributed by atoms with Gasteiger partial charge in [0, 0.05) is 4.47 Å². The number of carbonyl (C=O) groups is 3. The van der Waals surface area contributed by atoms with Gasteiger partial charge in [-0.15, -0.1) is 0 Å². The van der Waals surface area contributed by atoms with Crippen LogP contribution in [0.5, 0.6) is 11.5 Å². The number of nitrogens with zero attached hydrogens (tertiary/aromatic N) is 1. The third kappa shape index (κ3) is 5.49. The summed E-state index contributed by atoms with van der Waals surface area (Å²) in [6, 6.07) is 17.5. The summed E-state index contributed by atoms with van der Waals surface area (Å²) >= 11 is 3.41. The molecule has 0 aliphatic carbocycles. The van der Waals surface area contributed by atoms with E-state index in [9.17, 15) is 14.4 Å². The Labute approximate surface area is 217 Å². The van der Waals surface area contributed by atoms with E-state index < -0.39 is 17.8 Å². The molecule has 3 aromatic rings. The number of rotatable bonds is 7. The van der Waals surface area contributed by atoms with Crippen LogP contribution >= 0.6 is 15.9 Å². The van der Waals surface area contributed by atoms with Crippen LogP contribution in [0.3, 0.4) is 0 Å². The van der Waals surface area contributed by atoms with Crippen molar-refractivity contribution in [1.82, 2.24) is 5.32 Å². The first-order chi connectivity index (χ1) is 17.3. The van der Waals surface area contributed by atoms with Crippen molar-refractivity contribution >= 4 is 45.5 Å². The maximum atomic E-state index is 13.2. The average molecular weight is 549 g/mol. The molecule has 1 aliphatic rings. The van der Waals surface area contributed by atoms with Crippen molar-refractivity contribution in [3.8, 4) is 11.5 Å². The Morgan fingerprint density at radius 2 is 1.75 bits per heavy atom. The molecule has 0 unspecified atom stereocenters. The number of aryl methyl sites for hydroxylation is 2. The molecular weight excluding hydrogens is 524 g/mol. The van der Waals surface area contributed by atoms with Gasteiger partial charge in [-0.25, -0.2) is 9.69 Å². The number of hydrogen-bond acceptors (Lipinski definition) is 5. The molecule has 36 heavy (non-hydrogen) atoms. The summed E-state index contributed by atoms with van der Waals surface area (Å²) in [4.78, 5) is 39.2. The minimum atomic E-state index is -0.793. The summed E-state index contributed by atoms with van der Waals surface area (Å²) in [7, 11) is 0. The van der Waals surface area contributed by atoms with Crippen molar-refractivity contribution < 1.29 is 23.9 Å². The number of carbonyl (C=O) groups excluding carboxylic acids is 3. The molecule has 0 saturated carbocycles. The molecule has 1 N–H and O–H groups in total. The van der Waals surface area contributed by atoms with Gasteiger partial charge in [-0.05, 0) is 73.9 Å². The van der Waals surface area contributed by atoms with Gasteiger partial charge < -0.3 is 9.47 Å². The maximum absolute atomic E-state index is 13.2. The summed E-state index contributed by atoms with van der Waals surface area (Å²) in [6.45, 7) is 6.50. The van der Waals surface area contributed by atoms with Crippen LogP contribution in [0, 0.1) is 13.8 Å². The monoisotopic (exact) mass is 548 g/mol. The normalized spacial score (nSPS) is 14.7. The fraction of sp³-hybridized carbons (Fsp3) is 0.179. The molecule has 8 heteroatoms. The second kappa shape index (κ2) is 10.8. The SMILES string of the molecule is CCOc1cc(/C=C2\C(=O)NC(=O)N(c3ccc(Br)c(C)c3)C2=O)ccc1OCc1cccc(C)c1. The number of benzene rings is 3. The van der Waals surface area contributed by atoms with E-state index in [4.69, 9.17) is 9.47 Å². The van der Waals surface area contributed by atoms with E-state index in [0.29, 0.717) is 36.0 Å². The third-order valence-electron chi connectivity index (χ3n) is 5.56. The second-order valence-electron chi connectivity index (χ2n) is 8.31. The van der Waals surface area contributed by atoms with Crippen LogP contribution in [-0.2, 0) is 16.2 Å². The first kappa shape index (κ1) is 25.2. The lowest BCUT2D eigenvalue weighted by atomic mass is 10.1. The van der Waals surface area contributed by atoms with E-state index >= 15 is 0 Å². The Hall–Kier alpha value is -3.91. The van der Waals surface area contributed by atoms with Crippen molar-refractivity contribution in [2.24, 2.45) is 0 Å². The number of barbiturate groups is 1. The summed E-state index contributed by atoms with van der Waals surface area (Å²) < 4.78 is 12.6. The number of nitrogens with one attached hydrogen (secondary N) is 1. The summed E-state index contributed by atoms with van der Waals surface area (Å²) in [5.41, 5.74) is 3.78. The molecule has 1 saturated heterocycles. The van der Waals surface area contributed by atoms with Crippen molar-refractivity contribution in [3.05, 3.63) is 93.0 Å². The van der Waals surface area contributed by atoms with E-state index in [1.807, 2.05) is 45.0 Å². The van der Waals surface area contributed by atoms with Crippen molar-refractivity contribution in [3.63, 3.8) is 0 Å². The summed E-state index contributed by atoms with van der Waals surface area (Å²) in [6.07, 6.45) is 1.44. The molecular formula is C28H25BrN2O5. The molecule has 184 valence electrons. The molecule has 4 rings (SSSR count). The van der Waals surface area contributed by atoms with Crippen LogP contribution in [0.2, 0.25) is 0 Å². The van der Waals surface area contributed by atoms with Crippen LogP contribution in [0.1, 0.15) is 29.2 Å². The lowest BCUT2D eigenvalue weighted by Crippen LogP contribution is -2.54. The van der Waals surface area contributed by atoms with Gasteiger partial charge in [0.15, 0.2) is 11.5 Å². The number of urea groups is 1. The maximum Gasteiger partial charge on any atom is 0.335 e. The first-order valence-corrected chi connectivity index (χ1v) is 12.2. The van der Waals surface area contributed by atoms with Crippen molar-refractivity contribution in [2.75, 3.05) is 11.5 Å². The van der Waals surface area contributed by atoms with Crippen LogP contribution < -0.4 is 19.7 Å². The zero-order valence-electron chi connectivity index (χ0n) is 20.1. The number of imide groups is 2. The molecule has 3 aromatic carbocycles. The highest BCUT2D eigenvalue weighted by molar-refractivity contribution is 9.10. The standard InChI is InChI=1S/C28H25BrN2O5/c1-4-35-25-15-19(8-11-24(25)36-16-20-7-5-6-17(2)12-20)14-22-26(32)30-28(34)31(27(22)33)21-9-10-23(29)18(3)13-21/h5-15H,4,16H2,1-3H3,(H,30,32,34)/b22-14+. The van der Waals surface area contributed by atoms with E-state index in [1.165, 1.54) is 6.08 Å². The largest absolute Gasteiger partial charge is 0.490 e. The lowest BCUT2D eigenvalue weighted by molar-refractivity contribution is -0.122. The molecule has 4 amide bonds. The molecule has 1 aliphatic heterocycles. The van der Waals surface area contributed by atoms with E-state index in [2.05, 4.69) is 21.2 Å². The molecule has 0 radical (unpaired) electrons. The number of ether oxygens (including phenoxy) is 2. The van der Waals surface area contributed by atoms with E-state index in [1.54, 1.807) is 36.4 Å². The van der Waals surface area contributed by atoms with Gasteiger partial charge in [0.1, 0.15) is 12.2 Å². The van der Waals surface area contributed by atoms with Crippen molar-refractivity contribution in [1.29, 1.82) is 0 Å². The molecule has 7 nitrogen and oxygen atoms in total. The number of halogens is 1. The fourth-order valence-corrected chi connectivity index (χ4v) is 4.04. The van der Waals surface area contributed by atoms with Gasteiger partial charge in [-0.2, -0.15) is 0 Å². The van der Waals surface area contributed by atoms with Gasteiger partial charge in [-0.1, -0.05) is 51.8 Å². The van der Waals surface area contributed by atoms with Crippen LogP contribution in [-0.4, -0.2) is 24.5 Å². The van der Waals surface area contributed by atoms with Gasteiger partial charge >= 0.3 is 6.03 Å². The highest BCUT2D eigenvalue weighted by Gasteiger charge is 2.37. The third-order valence-corrected chi connectivity index (χ3v) is 6.45. The Balaban J connectivity index is 1.62. The van der Waals surface area contributed by atoms with Gasteiger partial charge in [0.05, 0.1) is 12.3 Å². The Morgan fingerprint density at radius 3 is 2.47 bits per heavy atom. The predicted molar refractivity (Wildman–Crippen MR) is 141 cm³/mol. The van der Waals surface area contributed by atoms with Gasteiger partial charge in [0.25, 0.3) is 11.8 Å². The molecule has 0 spiro atoms. The second-order valence-corrected chi connectivity index (χ2v) is 9.16. The summed E-state index contributed by atoms with van der Waals surface area (Å²) in [5.74, 6) is -0.433. The predicted octanol–water partition coefficient (Wildman–Crippen LogP) is 5.71. The van der Waals surface area contributed by atoms with Gasteiger partial charge in [0.2, 0.25) is 0 Å². The highest BCUT2D eigenvalue weighted by Crippen LogP contribution is 2.31. The molecule has 0 atom stereocenters. The number of hydrogen-bond donors (Lipinski definition) is 1. The minimum absolute atomic E-state index is 0.161. The zero-order valence-corrected chi connectivity index (χ0v) is 21.7. The van der Waals surface area contributed by atoms with Crippen molar-refractivity contribution in [2.45, 2.75) is 27.4 Å². The van der Waals surface area contributed by atoms with E-state index in [-0.39, 0.29) is 5.57 Å². The van der Waals surface area contributed by atoms with Gasteiger partial charge in [-0.3, -0.25) is 14.9 Å². The smallest absolute Gasteiger partial charge is 0.335 e. The molecule has 1 heterocycles. The molecule has 0 bridgehead atoms. The van der Waals surface area contributed by atoms with Crippen LogP contribution in [0.25, 0.3) is 6.08 Å². The minimum Gasteiger partial charge on any atom is -0.490 e.